The number of nitrogens with one attached hydrogen (secondary N) is 1. The molecule has 2 aliphatic heterocycles. The minimum Gasteiger partial charge on any atom is -0.368 e. The maximum Gasteiger partial charge on any atom is 0.249 e. The Balaban J connectivity index is 1.39. The molecule has 0 saturated carbocycles. The summed E-state index contributed by atoms with van der Waals surface area (Å²) in [5.74, 6) is -0.0592. The molecule has 0 bridgehead atoms. The van der Waals surface area contributed by atoms with Crippen LogP contribution in [0.4, 0.5) is 0 Å². The Morgan fingerprint density at radius 1 is 1.46 bits per heavy atom. The normalized spacial score (nSPS) is 23.2. The molecule has 1 N–H and O–H groups in total. The van der Waals surface area contributed by atoms with Crippen molar-refractivity contribution in [1.29, 1.82) is 0 Å². The summed E-state index contributed by atoms with van der Waals surface area (Å²) >= 11 is 0. The maximum absolute atomic E-state index is 12.0. The van der Waals surface area contributed by atoms with Crippen molar-refractivity contribution >= 4 is 5.91 Å². The summed E-state index contributed by atoms with van der Waals surface area (Å²) in [5, 5.41) is 15.5. The third kappa shape index (κ3) is 2.80. The highest BCUT2D eigenvalue weighted by molar-refractivity contribution is 5.80. The summed E-state index contributed by atoms with van der Waals surface area (Å²) in [6.07, 6.45) is 3.03. The Hall–Kier alpha value is -2.26. The maximum atomic E-state index is 12.0. The first-order valence-corrected chi connectivity index (χ1v) is 8.14. The van der Waals surface area contributed by atoms with E-state index in [9.17, 15) is 4.79 Å². The number of ether oxygens (including phenoxy) is 2. The van der Waals surface area contributed by atoms with Gasteiger partial charge in [0.1, 0.15) is 11.8 Å². The Kier molecular flexibility index (Phi) is 4.03. The van der Waals surface area contributed by atoms with Gasteiger partial charge >= 0.3 is 0 Å². The molecule has 24 heavy (non-hydrogen) atoms. The lowest BCUT2D eigenvalue weighted by Crippen LogP contribution is -2.42. The fraction of sp³-hybridized carbons (Fsp3) is 0.600. The van der Waals surface area contributed by atoms with E-state index in [2.05, 4.69) is 20.7 Å². The molecule has 2 aromatic rings. The lowest BCUT2D eigenvalue weighted by Gasteiger charge is -2.24. The van der Waals surface area contributed by atoms with E-state index in [0.29, 0.717) is 26.3 Å². The van der Waals surface area contributed by atoms with E-state index in [1.165, 1.54) is 0 Å². The fourth-order valence-corrected chi connectivity index (χ4v) is 3.11. The van der Waals surface area contributed by atoms with Crippen LogP contribution >= 0.6 is 0 Å². The lowest BCUT2D eigenvalue weighted by atomic mass is 10.2. The summed E-state index contributed by atoms with van der Waals surface area (Å²) < 4.78 is 14.9. The van der Waals surface area contributed by atoms with Crippen LogP contribution in [-0.2, 0) is 34.5 Å². The number of amides is 1. The van der Waals surface area contributed by atoms with Gasteiger partial charge in [-0.1, -0.05) is 5.21 Å². The first kappa shape index (κ1) is 15.3. The second-order valence-corrected chi connectivity index (χ2v) is 6.09. The van der Waals surface area contributed by atoms with E-state index in [1.54, 1.807) is 10.9 Å². The summed E-state index contributed by atoms with van der Waals surface area (Å²) in [4.78, 5) is 12.0. The molecule has 0 aliphatic carbocycles. The Bertz CT molecular complexity index is 733. The van der Waals surface area contributed by atoms with E-state index in [-0.39, 0.29) is 18.1 Å². The zero-order chi connectivity index (χ0) is 16.5. The van der Waals surface area contributed by atoms with Crippen LogP contribution in [0.2, 0.25) is 0 Å². The molecule has 0 aromatic carbocycles. The van der Waals surface area contributed by atoms with Crippen LogP contribution in [0.25, 0.3) is 11.4 Å². The number of carbonyl (C=O) groups is 1. The zero-order valence-electron chi connectivity index (χ0n) is 13.5. The SMILES string of the molecule is Cn1nccc1-c1nnn2c1COC(CNC(=O)[C@H]1CCCO1)C2. The van der Waals surface area contributed by atoms with Crippen LogP contribution in [0.1, 0.15) is 18.5 Å². The van der Waals surface area contributed by atoms with Crippen LogP contribution in [0.15, 0.2) is 12.3 Å². The van der Waals surface area contributed by atoms with Gasteiger partial charge in [-0.3, -0.25) is 9.48 Å². The van der Waals surface area contributed by atoms with E-state index in [4.69, 9.17) is 9.47 Å². The fourth-order valence-electron chi connectivity index (χ4n) is 3.11. The monoisotopic (exact) mass is 332 g/mol. The summed E-state index contributed by atoms with van der Waals surface area (Å²) in [6.45, 7) is 2.08. The van der Waals surface area contributed by atoms with Crippen LogP contribution in [0.5, 0.6) is 0 Å². The van der Waals surface area contributed by atoms with Crippen LogP contribution < -0.4 is 5.32 Å². The molecular formula is C15H20N6O3. The van der Waals surface area contributed by atoms with Crippen molar-refractivity contribution in [2.24, 2.45) is 7.05 Å². The predicted octanol–water partition coefficient (Wildman–Crippen LogP) is -0.127. The van der Waals surface area contributed by atoms with Crippen molar-refractivity contribution in [3.05, 3.63) is 18.0 Å². The van der Waals surface area contributed by atoms with Crippen molar-refractivity contribution < 1.29 is 14.3 Å². The standard InChI is InChI=1S/C15H20N6O3/c1-20-11(4-5-17-20)14-12-9-24-10(8-21(12)19-18-14)7-16-15(22)13-3-2-6-23-13/h4-5,10,13H,2-3,6-9H2,1H3,(H,16,22)/t10?,13-/m1/s1. The minimum atomic E-state index is -0.313. The van der Waals surface area contributed by atoms with Gasteiger partial charge in [0.05, 0.1) is 30.6 Å². The first-order valence-electron chi connectivity index (χ1n) is 8.14. The van der Waals surface area contributed by atoms with Crippen molar-refractivity contribution in [3.63, 3.8) is 0 Å². The third-order valence-corrected chi connectivity index (χ3v) is 4.46. The molecule has 2 aromatic heterocycles. The largest absolute Gasteiger partial charge is 0.368 e. The Morgan fingerprint density at radius 3 is 3.12 bits per heavy atom. The van der Waals surface area contributed by atoms with Crippen molar-refractivity contribution in [1.82, 2.24) is 30.1 Å². The van der Waals surface area contributed by atoms with Gasteiger partial charge in [-0.05, 0) is 18.9 Å². The first-order chi connectivity index (χ1) is 11.7. The summed E-state index contributed by atoms with van der Waals surface area (Å²) in [6, 6.07) is 1.90. The molecule has 2 atom stereocenters. The molecule has 9 heteroatoms. The predicted molar refractivity (Wildman–Crippen MR) is 82.8 cm³/mol. The van der Waals surface area contributed by atoms with Crippen molar-refractivity contribution in [3.8, 4) is 11.4 Å². The highest BCUT2D eigenvalue weighted by atomic mass is 16.5. The summed E-state index contributed by atoms with van der Waals surface area (Å²) in [5.41, 5.74) is 2.63. The molecule has 4 rings (SSSR count). The number of rotatable bonds is 4. The molecule has 2 aliphatic rings. The van der Waals surface area contributed by atoms with Gasteiger partial charge in [0, 0.05) is 26.4 Å². The number of nitrogens with zero attached hydrogens (tertiary/aromatic N) is 5. The Labute approximate surface area is 138 Å². The molecule has 4 heterocycles. The number of aromatic nitrogens is 5. The molecule has 1 unspecified atom stereocenters. The number of hydrogen-bond donors (Lipinski definition) is 1. The smallest absolute Gasteiger partial charge is 0.249 e. The highest BCUT2D eigenvalue weighted by Gasteiger charge is 2.28. The van der Waals surface area contributed by atoms with Crippen LogP contribution in [0, 0.1) is 0 Å². The molecule has 0 radical (unpaired) electrons. The van der Waals surface area contributed by atoms with Gasteiger partial charge in [-0.15, -0.1) is 5.10 Å². The van der Waals surface area contributed by atoms with Crippen LogP contribution in [-0.4, -0.2) is 56.0 Å². The van der Waals surface area contributed by atoms with Gasteiger partial charge in [0.25, 0.3) is 0 Å². The van der Waals surface area contributed by atoms with Crippen molar-refractivity contribution in [2.75, 3.05) is 13.2 Å². The van der Waals surface area contributed by atoms with Crippen molar-refractivity contribution in [2.45, 2.75) is 38.2 Å². The van der Waals surface area contributed by atoms with E-state index >= 15 is 0 Å². The number of carbonyl (C=O) groups excluding carboxylic acids is 1. The quantitative estimate of drug-likeness (QED) is 0.838. The van der Waals surface area contributed by atoms with Gasteiger partial charge in [-0.25, -0.2) is 4.68 Å². The van der Waals surface area contributed by atoms with Gasteiger partial charge < -0.3 is 14.8 Å². The van der Waals surface area contributed by atoms with E-state index in [1.807, 2.05) is 17.8 Å². The second kappa shape index (κ2) is 6.33. The second-order valence-electron chi connectivity index (χ2n) is 6.09. The molecule has 1 fully saturated rings. The minimum absolute atomic E-state index is 0.0592. The molecule has 9 nitrogen and oxygen atoms in total. The molecule has 0 spiro atoms. The highest BCUT2D eigenvalue weighted by Crippen LogP contribution is 2.24. The van der Waals surface area contributed by atoms with Gasteiger partial charge in [-0.2, -0.15) is 5.10 Å². The number of aryl methyl sites for hydroxylation is 1. The van der Waals surface area contributed by atoms with Crippen LogP contribution in [0.3, 0.4) is 0 Å². The van der Waals surface area contributed by atoms with Gasteiger partial charge in [0.15, 0.2) is 0 Å². The molecular weight excluding hydrogens is 312 g/mol. The molecule has 128 valence electrons. The Morgan fingerprint density at radius 2 is 2.38 bits per heavy atom. The van der Waals surface area contributed by atoms with E-state index in [0.717, 1.165) is 29.9 Å². The molecule has 1 saturated heterocycles. The average Bonchev–Trinajstić information content (AvgIpc) is 3.32. The van der Waals surface area contributed by atoms with E-state index < -0.39 is 0 Å². The zero-order valence-corrected chi connectivity index (χ0v) is 13.5. The average molecular weight is 332 g/mol. The topological polar surface area (TPSA) is 96.1 Å². The number of fused-ring (bicyclic) bond motifs is 1. The third-order valence-electron chi connectivity index (χ3n) is 4.46. The van der Waals surface area contributed by atoms with Gasteiger partial charge in [0.2, 0.25) is 5.91 Å². The molecule has 1 amide bonds. The number of hydrogen-bond acceptors (Lipinski definition) is 6. The lowest BCUT2D eigenvalue weighted by molar-refractivity contribution is -0.131. The summed E-state index contributed by atoms with van der Waals surface area (Å²) in [7, 11) is 1.87.